The number of hydrogen-bond acceptors (Lipinski definition) is 6. The Labute approximate surface area is 259 Å². The van der Waals surface area contributed by atoms with Crippen molar-refractivity contribution in [3.8, 4) is 22.6 Å². The Morgan fingerprint density at radius 2 is 1.79 bits per heavy atom. The summed E-state index contributed by atoms with van der Waals surface area (Å²) >= 11 is 0. The van der Waals surface area contributed by atoms with Gasteiger partial charge in [-0.2, -0.15) is 0 Å². The molecule has 9 nitrogen and oxygen atoms in total. The highest BCUT2D eigenvalue weighted by molar-refractivity contribution is 6.13. The van der Waals surface area contributed by atoms with E-state index in [9.17, 15) is 9.59 Å². The van der Waals surface area contributed by atoms with Crippen LogP contribution in [-0.2, 0) is 4.79 Å². The average Bonchev–Trinajstić information content (AvgIpc) is 3.32. The number of nitrogens with one attached hydrogen (secondary N) is 2. The van der Waals surface area contributed by atoms with Gasteiger partial charge in [0.1, 0.15) is 11.6 Å². The molecule has 226 valence electrons. The van der Waals surface area contributed by atoms with Crippen molar-refractivity contribution in [2.45, 2.75) is 26.7 Å². The molecule has 0 saturated heterocycles. The number of rotatable bonds is 12. The number of H-pyrrole nitrogens is 1. The lowest BCUT2D eigenvalue weighted by atomic mass is 9.98. The molecule has 42 heavy (non-hydrogen) atoms. The first-order valence-electron chi connectivity index (χ1n) is 13.3. The monoisotopic (exact) mass is 615 g/mol. The standard InChI is InChI=1S/C31H37N5O4.2ClH/c1-20-12-15-26(27(18-20)40-17-8-7-16-35(3)4)36(5)31(38)24-14-13-23(30(39-6)29(24)32-19-37)22-10-9-11-25-28(22)34-21(2)33-25;;/h9-15,18-19H,7-8,16-17H2,1-6H3,(H,32,37)(H,33,34);2*1H. The zero-order chi connectivity index (χ0) is 28.8. The number of carbonyl (C=O) groups excluding carboxylic acids is 2. The molecule has 0 aliphatic carbocycles. The van der Waals surface area contributed by atoms with Crippen molar-refractivity contribution in [2.75, 3.05) is 51.6 Å². The maximum Gasteiger partial charge on any atom is 0.260 e. The predicted octanol–water partition coefficient (Wildman–Crippen LogP) is 6.26. The average molecular weight is 617 g/mol. The Kier molecular flexibility index (Phi) is 12.7. The second-order valence-electron chi connectivity index (χ2n) is 10.0. The Bertz CT molecular complexity index is 1520. The summed E-state index contributed by atoms with van der Waals surface area (Å²) in [6.07, 6.45) is 2.46. The number of imidazole rings is 1. The maximum absolute atomic E-state index is 13.9. The summed E-state index contributed by atoms with van der Waals surface area (Å²) in [4.78, 5) is 37.2. The van der Waals surface area contributed by atoms with Gasteiger partial charge in [0, 0.05) is 18.2 Å². The summed E-state index contributed by atoms with van der Waals surface area (Å²) in [7, 11) is 7.32. The number of amides is 2. The van der Waals surface area contributed by atoms with E-state index in [1.807, 2.05) is 70.4 Å². The first-order valence-corrected chi connectivity index (χ1v) is 13.3. The van der Waals surface area contributed by atoms with Crippen molar-refractivity contribution < 1.29 is 19.1 Å². The fraction of sp³-hybridized carbons (Fsp3) is 0.323. The van der Waals surface area contributed by atoms with E-state index in [2.05, 4.69) is 20.2 Å². The number of ether oxygens (including phenoxy) is 2. The van der Waals surface area contributed by atoms with Crippen LogP contribution in [-0.4, -0.2) is 68.6 Å². The van der Waals surface area contributed by atoms with E-state index in [-0.39, 0.29) is 42.0 Å². The van der Waals surface area contributed by atoms with Crippen LogP contribution in [0.1, 0.15) is 34.6 Å². The molecule has 0 fully saturated rings. The van der Waals surface area contributed by atoms with E-state index in [4.69, 9.17) is 9.47 Å². The molecule has 0 spiro atoms. The lowest BCUT2D eigenvalue weighted by Crippen LogP contribution is -2.28. The van der Waals surface area contributed by atoms with Crippen LogP contribution in [0.4, 0.5) is 11.4 Å². The van der Waals surface area contributed by atoms with Gasteiger partial charge in [0.2, 0.25) is 6.41 Å². The molecule has 0 atom stereocenters. The van der Waals surface area contributed by atoms with Crippen molar-refractivity contribution >= 4 is 59.5 Å². The van der Waals surface area contributed by atoms with Crippen LogP contribution in [0.2, 0.25) is 0 Å². The SMILES string of the molecule is COc1c(-c2cccc3[nH]c(C)nc23)ccc(C(=O)N(C)c2ccc(C)cc2OCCCCN(C)C)c1NC=O.Cl.Cl. The third-order valence-electron chi connectivity index (χ3n) is 6.76. The molecule has 4 aromatic rings. The van der Waals surface area contributed by atoms with Gasteiger partial charge in [0.05, 0.1) is 41.7 Å². The van der Waals surface area contributed by atoms with Crippen LogP contribution < -0.4 is 19.7 Å². The van der Waals surface area contributed by atoms with Gasteiger partial charge in [-0.05, 0) is 83.2 Å². The van der Waals surface area contributed by atoms with Crippen LogP contribution >= 0.6 is 24.8 Å². The summed E-state index contributed by atoms with van der Waals surface area (Å²) in [5.74, 6) is 1.48. The minimum absolute atomic E-state index is 0. The molecule has 0 saturated carbocycles. The molecule has 11 heteroatoms. The van der Waals surface area contributed by atoms with E-state index in [1.54, 1.807) is 13.1 Å². The number of carbonyl (C=O) groups is 2. The number of benzene rings is 3. The summed E-state index contributed by atoms with van der Waals surface area (Å²) in [5, 5.41) is 2.71. The van der Waals surface area contributed by atoms with Crippen LogP contribution in [0, 0.1) is 13.8 Å². The third-order valence-corrected chi connectivity index (χ3v) is 6.76. The summed E-state index contributed by atoms with van der Waals surface area (Å²) in [6, 6.07) is 15.1. The molecule has 2 amide bonds. The van der Waals surface area contributed by atoms with Gasteiger partial charge in [-0.25, -0.2) is 4.98 Å². The van der Waals surface area contributed by atoms with Gasteiger partial charge in [-0.1, -0.05) is 18.2 Å². The largest absolute Gasteiger partial charge is 0.494 e. The minimum atomic E-state index is -0.315. The number of methoxy groups -OCH3 is 1. The van der Waals surface area contributed by atoms with Crippen molar-refractivity contribution in [3.63, 3.8) is 0 Å². The fourth-order valence-electron chi connectivity index (χ4n) is 4.78. The molecule has 0 aliphatic rings. The number of hydrogen-bond donors (Lipinski definition) is 2. The Hall–Kier alpha value is -3.79. The second-order valence-corrected chi connectivity index (χ2v) is 10.0. The van der Waals surface area contributed by atoms with Crippen LogP contribution in [0.25, 0.3) is 22.2 Å². The topological polar surface area (TPSA) is 99.8 Å². The Balaban J connectivity index is 0.00000308. The zero-order valence-corrected chi connectivity index (χ0v) is 26.4. The van der Waals surface area contributed by atoms with Gasteiger partial charge >= 0.3 is 0 Å². The molecule has 4 rings (SSSR count). The molecule has 3 aromatic carbocycles. The van der Waals surface area contributed by atoms with E-state index in [1.165, 1.54) is 12.0 Å². The molecule has 0 bridgehead atoms. The maximum atomic E-state index is 13.9. The summed E-state index contributed by atoms with van der Waals surface area (Å²) < 4.78 is 11.9. The summed E-state index contributed by atoms with van der Waals surface area (Å²) in [5.41, 5.74) is 5.44. The normalized spacial score (nSPS) is 10.5. The van der Waals surface area contributed by atoms with Crippen molar-refractivity contribution in [3.05, 3.63) is 65.5 Å². The fourth-order valence-corrected chi connectivity index (χ4v) is 4.78. The quantitative estimate of drug-likeness (QED) is 0.144. The van der Waals surface area contributed by atoms with E-state index < -0.39 is 0 Å². The van der Waals surface area contributed by atoms with Crippen molar-refractivity contribution in [2.24, 2.45) is 0 Å². The number of aromatic amines is 1. The van der Waals surface area contributed by atoms with Gasteiger partial charge in [0.15, 0.2) is 5.75 Å². The smallest absolute Gasteiger partial charge is 0.260 e. The number of halogens is 2. The van der Waals surface area contributed by atoms with E-state index >= 15 is 0 Å². The van der Waals surface area contributed by atoms with Gasteiger partial charge in [-0.15, -0.1) is 24.8 Å². The highest BCUT2D eigenvalue weighted by Gasteiger charge is 2.25. The van der Waals surface area contributed by atoms with Gasteiger partial charge in [0.25, 0.3) is 5.91 Å². The highest BCUT2D eigenvalue weighted by atomic mass is 35.5. The molecular formula is C31H39Cl2N5O4. The number of aryl methyl sites for hydroxylation is 2. The highest BCUT2D eigenvalue weighted by Crippen LogP contribution is 2.42. The molecular weight excluding hydrogens is 577 g/mol. The third kappa shape index (κ3) is 7.53. The number of fused-ring (bicyclic) bond motifs is 1. The lowest BCUT2D eigenvalue weighted by Gasteiger charge is -2.24. The number of nitrogens with zero attached hydrogens (tertiary/aromatic N) is 3. The number of aromatic nitrogens is 2. The number of anilines is 2. The van der Waals surface area contributed by atoms with Gasteiger partial charge < -0.3 is 29.6 Å². The Morgan fingerprint density at radius 1 is 1.02 bits per heavy atom. The number of para-hydroxylation sites is 1. The zero-order valence-electron chi connectivity index (χ0n) is 24.8. The predicted molar refractivity (Wildman–Crippen MR) is 174 cm³/mol. The van der Waals surface area contributed by atoms with Crippen molar-refractivity contribution in [1.29, 1.82) is 0 Å². The van der Waals surface area contributed by atoms with Crippen LogP contribution in [0.3, 0.4) is 0 Å². The number of unbranched alkanes of at least 4 members (excludes halogenated alkanes) is 1. The lowest BCUT2D eigenvalue weighted by molar-refractivity contribution is -0.105. The Morgan fingerprint density at radius 3 is 2.48 bits per heavy atom. The molecule has 0 aliphatic heterocycles. The van der Waals surface area contributed by atoms with E-state index in [0.29, 0.717) is 35.8 Å². The first-order chi connectivity index (χ1) is 19.2. The summed E-state index contributed by atoms with van der Waals surface area (Å²) in [6.45, 7) is 5.42. The van der Waals surface area contributed by atoms with E-state index in [0.717, 1.165) is 47.4 Å². The minimum Gasteiger partial charge on any atom is -0.494 e. The first kappa shape index (κ1) is 34.4. The molecule has 0 radical (unpaired) electrons. The second kappa shape index (κ2) is 15.4. The molecule has 2 N–H and O–H groups in total. The van der Waals surface area contributed by atoms with Gasteiger partial charge in [-0.3, -0.25) is 9.59 Å². The molecule has 1 heterocycles. The molecule has 1 aromatic heterocycles. The van der Waals surface area contributed by atoms with Crippen molar-refractivity contribution in [1.82, 2.24) is 14.9 Å². The molecule has 0 unspecified atom stereocenters. The van der Waals surface area contributed by atoms with Crippen LogP contribution in [0.5, 0.6) is 11.5 Å². The van der Waals surface area contributed by atoms with Crippen LogP contribution in [0.15, 0.2) is 48.5 Å².